The van der Waals surface area contributed by atoms with Gasteiger partial charge in [0.05, 0.1) is 24.6 Å². The summed E-state index contributed by atoms with van der Waals surface area (Å²) in [6.45, 7) is 6.08. The Balaban J connectivity index is 1.51. The predicted molar refractivity (Wildman–Crippen MR) is 98.4 cm³/mol. The van der Waals surface area contributed by atoms with Crippen molar-refractivity contribution in [2.45, 2.75) is 31.2 Å². The molecule has 8 nitrogen and oxygen atoms in total. The summed E-state index contributed by atoms with van der Waals surface area (Å²) in [5, 5.41) is 20.2. The molecule has 10 heteroatoms. The molecule has 142 valence electrons. The van der Waals surface area contributed by atoms with Crippen molar-refractivity contribution in [1.82, 2.24) is 9.80 Å². The van der Waals surface area contributed by atoms with E-state index in [9.17, 15) is 14.7 Å². The smallest absolute Gasteiger partial charge is 0.389 e. The van der Waals surface area contributed by atoms with Crippen LogP contribution in [0.2, 0.25) is 0 Å². The number of amides is 1. The van der Waals surface area contributed by atoms with Crippen LogP contribution in [0.15, 0.2) is 15.6 Å². The van der Waals surface area contributed by atoms with Gasteiger partial charge in [0.2, 0.25) is 5.91 Å². The third-order valence-electron chi connectivity index (χ3n) is 5.37. The molecule has 26 heavy (non-hydrogen) atoms. The fourth-order valence-electron chi connectivity index (χ4n) is 4.08. The molecule has 0 aromatic carbocycles. The molecule has 2 fully saturated rings. The predicted octanol–water partition coefficient (Wildman–Crippen LogP) is 0.592. The molecule has 2 N–H and O–H groups in total. The summed E-state index contributed by atoms with van der Waals surface area (Å²) in [5.74, 6) is -0.783. The van der Waals surface area contributed by atoms with Gasteiger partial charge in [0, 0.05) is 34.9 Å². The second-order valence-corrected chi connectivity index (χ2v) is 9.41. The van der Waals surface area contributed by atoms with Crippen LogP contribution in [0, 0.1) is 11.8 Å². The third kappa shape index (κ3) is 2.65. The van der Waals surface area contributed by atoms with Gasteiger partial charge in [0.25, 0.3) is 0 Å². The van der Waals surface area contributed by atoms with E-state index in [2.05, 4.69) is 14.8 Å². The number of amidine groups is 1. The molecule has 0 radical (unpaired) electrons. The maximum Gasteiger partial charge on any atom is 0.389 e. The van der Waals surface area contributed by atoms with E-state index < -0.39 is 18.0 Å². The molecule has 4 heterocycles. The topological polar surface area (TPSA) is 103 Å². The fourth-order valence-corrected chi connectivity index (χ4v) is 6.47. The number of rotatable bonds is 4. The summed E-state index contributed by atoms with van der Waals surface area (Å²) in [4.78, 5) is 37.3. The first-order valence-electron chi connectivity index (χ1n) is 8.64. The van der Waals surface area contributed by atoms with Crippen LogP contribution >= 0.6 is 23.5 Å². The standard InChI is InChI=1S/C16H21N3O5S2/c1-7-11-10(8(2)20)14(21)19(11)12(15(22)24-23)13(7)26-9-5-18(6-9)16-17-3-4-25-16/h7-11,20,23H,3-6H2,1-2H3/t7-,8-,10-,11-/m1/s1. The highest BCUT2D eigenvalue weighted by Gasteiger charge is 2.60. The molecule has 0 aromatic rings. The maximum absolute atomic E-state index is 12.4. The summed E-state index contributed by atoms with van der Waals surface area (Å²) < 4.78 is 0. The van der Waals surface area contributed by atoms with Crippen LogP contribution in [0.5, 0.6) is 0 Å². The lowest BCUT2D eigenvalue weighted by Gasteiger charge is -2.46. The number of aliphatic hydroxyl groups excluding tert-OH is 1. The molecule has 0 aliphatic carbocycles. The molecule has 2 saturated heterocycles. The first-order valence-corrected chi connectivity index (χ1v) is 10.5. The number of carbonyl (C=O) groups excluding carboxylic acids is 2. The summed E-state index contributed by atoms with van der Waals surface area (Å²) in [7, 11) is 0. The van der Waals surface area contributed by atoms with Crippen molar-refractivity contribution in [1.29, 1.82) is 0 Å². The van der Waals surface area contributed by atoms with Crippen LogP contribution < -0.4 is 0 Å². The molecule has 4 rings (SSSR count). The first kappa shape index (κ1) is 18.1. The number of hydrogen-bond acceptors (Lipinski definition) is 9. The van der Waals surface area contributed by atoms with Crippen LogP contribution in [0.1, 0.15) is 13.8 Å². The molecule has 0 unspecified atom stereocenters. The third-order valence-corrected chi connectivity index (χ3v) is 7.85. The van der Waals surface area contributed by atoms with Crippen LogP contribution in [-0.4, -0.2) is 80.0 Å². The second kappa shape index (κ2) is 6.74. The highest BCUT2D eigenvalue weighted by atomic mass is 32.2. The number of thioether (sulfide) groups is 2. The van der Waals surface area contributed by atoms with Gasteiger partial charge in [-0.3, -0.25) is 14.7 Å². The first-order chi connectivity index (χ1) is 12.4. The summed E-state index contributed by atoms with van der Waals surface area (Å²) >= 11 is 3.33. The average molecular weight is 399 g/mol. The van der Waals surface area contributed by atoms with Crippen LogP contribution in [-0.2, 0) is 14.5 Å². The van der Waals surface area contributed by atoms with Gasteiger partial charge in [-0.2, -0.15) is 5.26 Å². The van der Waals surface area contributed by atoms with E-state index in [0.29, 0.717) is 0 Å². The van der Waals surface area contributed by atoms with Crippen molar-refractivity contribution in [2.75, 3.05) is 25.4 Å². The maximum atomic E-state index is 12.4. The van der Waals surface area contributed by atoms with E-state index in [1.807, 2.05) is 6.92 Å². The van der Waals surface area contributed by atoms with Crippen molar-refractivity contribution in [3.05, 3.63) is 10.6 Å². The Morgan fingerprint density at radius 1 is 1.46 bits per heavy atom. The molecule has 0 bridgehead atoms. The Bertz CT molecular complexity index is 704. The molecule has 0 saturated carbocycles. The normalized spacial score (nSPS) is 32.2. The largest absolute Gasteiger partial charge is 0.393 e. The zero-order valence-electron chi connectivity index (χ0n) is 14.5. The number of aliphatic imine (C=N–C) groups is 1. The van der Waals surface area contributed by atoms with Crippen molar-refractivity contribution < 1.29 is 24.8 Å². The van der Waals surface area contributed by atoms with E-state index in [1.165, 1.54) is 4.90 Å². The minimum atomic E-state index is -0.911. The Morgan fingerprint density at radius 2 is 2.19 bits per heavy atom. The number of nitrogens with zero attached hydrogens (tertiary/aromatic N) is 3. The molecule has 0 aromatic heterocycles. The molecule has 4 aliphatic rings. The van der Waals surface area contributed by atoms with E-state index >= 15 is 0 Å². The number of carbonyl (C=O) groups is 2. The molecule has 4 aliphatic heterocycles. The minimum absolute atomic E-state index is 0.0846. The van der Waals surface area contributed by atoms with Gasteiger partial charge in [-0.25, -0.2) is 4.79 Å². The molecule has 1 amide bonds. The molecule has 0 spiro atoms. The van der Waals surface area contributed by atoms with E-state index in [1.54, 1.807) is 30.4 Å². The Kier molecular flexibility index (Phi) is 4.70. The quantitative estimate of drug-likeness (QED) is 0.402. The molecular weight excluding hydrogens is 378 g/mol. The number of hydrogen-bond donors (Lipinski definition) is 2. The summed E-state index contributed by atoms with van der Waals surface area (Å²) in [6, 6.07) is -0.259. The highest BCUT2D eigenvalue weighted by Crippen LogP contribution is 2.52. The molecule has 4 atom stereocenters. The van der Waals surface area contributed by atoms with Gasteiger partial charge in [-0.15, -0.1) is 11.8 Å². The Morgan fingerprint density at radius 3 is 2.77 bits per heavy atom. The van der Waals surface area contributed by atoms with Gasteiger partial charge in [0.1, 0.15) is 5.70 Å². The van der Waals surface area contributed by atoms with Crippen molar-refractivity contribution in [3.8, 4) is 0 Å². The van der Waals surface area contributed by atoms with Gasteiger partial charge >= 0.3 is 5.97 Å². The van der Waals surface area contributed by atoms with Gasteiger partial charge in [0.15, 0.2) is 5.17 Å². The summed E-state index contributed by atoms with van der Waals surface area (Å²) in [6.07, 6.45) is -0.779. The van der Waals surface area contributed by atoms with Gasteiger partial charge < -0.3 is 14.9 Å². The van der Waals surface area contributed by atoms with E-state index in [0.717, 1.165) is 35.5 Å². The van der Waals surface area contributed by atoms with Gasteiger partial charge in [-0.1, -0.05) is 18.7 Å². The lowest BCUT2D eigenvalue weighted by Crippen LogP contribution is -2.63. The zero-order valence-corrected chi connectivity index (χ0v) is 16.1. The highest BCUT2D eigenvalue weighted by molar-refractivity contribution is 8.14. The van der Waals surface area contributed by atoms with Gasteiger partial charge in [-0.05, 0) is 6.92 Å². The van der Waals surface area contributed by atoms with E-state index in [4.69, 9.17) is 5.26 Å². The lowest BCUT2D eigenvalue weighted by molar-refractivity contribution is -0.232. The Hall–Kier alpha value is -1.23. The number of aliphatic hydroxyl groups is 1. The van der Waals surface area contributed by atoms with Crippen molar-refractivity contribution in [3.63, 3.8) is 0 Å². The minimum Gasteiger partial charge on any atom is -0.393 e. The second-order valence-electron chi connectivity index (χ2n) is 7.00. The summed E-state index contributed by atoms with van der Waals surface area (Å²) in [5.41, 5.74) is 0.128. The monoisotopic (exact) mass is 399 g/mol. The Labute approximate surface area is 159 Å². The average Bonchev–Trinajstić information content (AvgIpc) is 3.15. The zero-order chi connectivity index (χ0) is 18.6. The fraction of sp³-hybridized carbons (Fsp3) is 0.688. The SMILES string of the molecule is C[C@@H](O)[C@H]1C(=O)N2C(C(=O)OO)=C(SC3CN(C4=NCCS4)C3)[C@H](C)[C@H]12. The number of fused-ring (bicyclic) bond motifs is 1. The van der Waals surface area contributed by atoms with Crippen LogP contribution in [0.25, 0.3) is 0 Å². The van der Waals surface area contributed by atoms with Crippen molar-refractivity contribution in [2.24, 2.45) is 16.8 Å². The van der Waals surface area contributed by atoms with Crippen molar-refractivity contribution >= 4 is 40.6 Å². The number of β-lactam (4-membered cyclic amide) rings is 1. The molecular formula is C16H21N3O5S2. The van der Waals surface area contributed by atoms with Crippen LogP contribution in [0.3, 0.4) is 0 Å². The van der Waals surface area contributed by atoms with Crippen LogP contribution in [0.4, 0.5) is 0 Å². The van der Waals surface area contributed by atoms with E-state index in [-0.39, 0.29) is 28.8 Å². The lowest BCUT2D eigenvalue weighted by atomic mass is 9.79. The number of likely N-dealkylation sites (tertiary alicyclic amines) is 1.